The van der Waals surface area contributed by atoms with Gasteiger partial charge in [0.25, 0.3) is 5.91 Å². The van der Waals surface area contributed by atoms with Crippen molar-refractivity contribution in [1.82, 2.24) is 9.80 Å². The number of ether oxygens (including phenoxy) is 2. The first-order valence-corrected chi connectivity index (χ1v) is 10.5. The molecule has 1 amide bonds. The molecule has 154 valence electrons. The van der Waals surface area contributed by atoms with Gasteiger partial charge in [-0.3, -0.25) is 9.69 Å². The summed E-state index contributed by atoms with van der Waals surface area (Å²) in [4.78, 5) is 17.0. The van der Waals surface area contributed by atoms with E-state index in [0.29, 0.717) is 11.8 Å². The molecule has 1 aromatic carbocycles. The van der Waals surface area contributed by atoms with Crippen LogP contribution in [0.4, 0.5) is 0 Å². The molecule has 1 aliphatic carbocycles. The van der Waals surface area contributed by atoms with Crippen LogP contribution in [0.25, 0.3) is 0 Å². The molecule has 2 aliphatic heterocycles. The van der Waals surface area contributed by atoms with E-state index in [1.165, 1.54) is 5.56 Å². The molecule has 0 radical (unpaired) electrons. The van der Waals surface area contributed by atoms with Crippen LogP contribution in [0.3, 0.4) is 0 Å². The minimum atomic E-state index is -0.305. The number of hydrogen-bond acceptors (Lipinski definition) is 5. The van der Waals surface area contributed by atoms with Gasteiger partial charge in [-0.15, -0.1) is 0 Å². The number of nitrogens with zero attached hydrogens (tertiary/aromatic N) is 2. The molecule has 2 saturated heterocycles. The second-order valence-electron chi connectivity index (χ2n) is 8.56. The number of benzene rings is 1. The van der Waals surface area contributed by atoms with Gasteiger partial charge < -0.3 is 19.5 Å². The zero-order valence-corrected chi connectivity index (χ0v) is 17.0. The zero-order valence-electron chi connectivity index (χ0n) is 17.0. The minimum absolute atomic E-state index is 0.0488. The summed E-state index contributed by atoms with van der Waals surface area (Å²) in [7, 11) is 0. The predicted molar refractivity (Wildman–Crippen MR) is 106 cm³/mol. The van der Waals surface area contributed by atoms with Crippen molar-refractivity contribution in [3.05, 3.63) is 29.3 Å². The second kappa shape index (κ2) is 8.39. The Morgan fingerprint density at radius 2 is 1.89 bits per heavy atom. The van der Waals surface area contributed by atoms with Crippen LogP contribution >= 0.6 is 0 Å². The Morgan fingerprint density at radius 3 is 2.64 bits per heavy atom. The van der Waals surface area contributed by atoms with Crippen LogP contribution in [-0.2, 0) is 9.53 Å². The maximum Gasteiger partial charge on any atom is 0.260 e. The molecule has 1 saturated carbocycles. The number of aryl methyl sites for hydroxylation is 1. The van der Waals surface area contributed by atoms with Gasteiger partial charge in [-0.25, -0.2) is 0 Å². The molecule has 1 aromatic rings. The molecule has 4 atom stereocenters. The summed E-state index contributed by atoms with van der Waals surface area (Å²) in [6.45, 7) is 8.96. The highest BCUT2D eigenvalue weighted by atomic mass is 16.5. The molecule has 0 aromatic heterocycles. The first-order chi connectivity index (χ1) is 13.5. The number of fused-ring (bicyclic) bond motifs is 1. The molecule has 3 aliphatic rings. The molecule has 0 unspecified atom stereocenters. The number of likely N-dealkylation sites (tertiary alicyclic amines) is 1. The van der Waals surface area contributed by atoms with Crippen molar-refractivity contribution in [2.45, 2.75) is 38.8 Å². The molecular formula is C22H32N2O4. The van der Waals surface area contributed by atoms with Crippen LogP contribution in [0.15, 0.2) is 18.2 Å². The monoisotopic (exact) mass is 388 g/mol. The third-order valence-electron chi connectivity index (χ3n) is 6.88. The van der Waals surface area contributed by atoms with Crippen molar-refractivity contribution in [2.24, 2.45) is 11.8 Å². The highest BCUT2D eigenvalue weighted by Crippen LogP contribution is 2.38. The van der Waals surface area contributed by atoms with E-state index in [0.717, 1.165) is 63.5 Å². The summed E-state index contributed by atoms with van der Waals surface area (Å²) >= 11 is 0. The molecule has 28 heavy (non-hydrogen) atoms. The molecule has 6 heteroatoms. The van der Waals surface area contributed by atoms with E-state index >= 15 is 0 Å². The van der Waals surface area contributed by atoms with Crippen LogP contribution in [0, 0.1) is 25.7 Å². The lowest BCUT2D eigenvalue weighted by atomic mass is 9.77. The summed E-state index contributed by atoms with van der Waals surface area (Å²) in [6, 6.07) is 6.12. The van der Waals surface area contributed by atoms with Gasteiger partial charge >= 0.3 is 0 Å². The maximum absolute atomic E-state index is 12.7. The standard InChI is InChI=1S/C22H32N2O4/c1-15-4-3-5-21(16(15)2)28-14-22(26)24-12-17-10-19(20(25)11-18(17)13-24)23-6-8-27-9-7-23/h3-5,17-20,25H,6-14H2,1-2H3/t17-,18+,19-,20-/m1/s1. The second-order valence-corrected chi connectivity index (χ2v) is 8.56. The third kappa shape index (κ3) is 4.04. The first-order valence-electron chi connectivity index (χ1n) is 10.5. The topological polar surface area (TPSA) is 62.2 Å². The zero-order chi connectivity index (χ0) is 19.7. The van der Waals surface area contributed by atoms with Crippen molar-refractivity contribution in [3.8, 4) is 5.75 Å². The minimum Gasteiger partial charge on any atom is -0.483 e. The van der Waals surface area contributed by atoms with E-state index in [2.05, 4.69) is 4.90 Å². The average molecular weight is 389 g/mol. The summed E-state index contributed by atoms with van der Waals surface area (Å²) in [5.41, 5.74) is 2.25. The Hall–Kier alpha value is -1.63. The van der Waals surface area contributed by atoms with E-state index < -0.39 is 0 Å². The van der Waals surface area contributed by atoms with Crippen LogP contribution in [0.1, 0.15) is 24.0 Å². The number of aliphatic hydroxyl groups is 1. The van der Waals surface area contributed by atoms with Crippen LogP contribution in [0.2, 0.25) is 0 Å². The highest BCUT2D eigenvalue weighted by Gasteiger charge is 2.44. The molecule has 1 N–H and O–H groups in total. The highest BCUT2D eigenvalue weighted by molar-refractivity contribution is 5.78. The van der Waals surface area contributed by atoms with E-state index in [1.54, 1.807) is 0 Å². The molecule has 0 bridgehead atoms. The summed E-state index contributed by atoms with van der Waals surface area (Å²) in [5.74, 6) is 1.71. The van der Waals surface area contributed by atoms with Crippen molar-refractivity contribution in [3.63, 3.8) is 0 Å². The van der Waals surface area contributed by atoms with E-state index in [9.17, 15) is 9.90 Å². The van der Waals surface area contributed by atoms with Gasteiger partial charge in [0.05, 0.1) is 19.3 Å². The number of carbonyl (C=O) groups excluding carboxylic acids is 1. The maximum atomic E-state index is 12.7. The largest absolute Gasteiger partial charge is 0.483 e. The Bertz CT molecular complexity index is 704. The Kier molecular flexibility index (Phi) is 5.90. The van der Waals surface area contributed by atoms with Crippen LogP contribution < -0.4 is 4.74 Å². The quantitative estimate of drug-likeness (QED) is 0.849. The Labute approximate surface area is 167 Å². The fourth-order valence-electron chi connectivity index (χ4n) is 5.02. The predicted octanol–water partition coefficient (Wildman–Crippen LogP) is 1.61. The lowest BCUT2D eigenvalue weighted by Gasteiger charge is -2.43. The first kappa shape index (κ1) is 19.7. The summed E-state index contributed by atoms with van der Waals surface area (Å²) in [5, 5.41) is 10.7. The van der Waals surface area contributed by atoms with Gasteiger partial charge in [-0.05, 0) is 55.7 Å². The van der Waals surface area contributed by atoms with Gasteiger partial charge in [-0.2, -0.15) is 0 Å². The van der Waals surface area contributed by atoms with Crippen molar-refractivity contribution < 1.29 is 19.4 Å². The number of morpholine rings is 1. The average Bonchev–Trinajstić information content (AvgIpc) is 3.12. The smallest absolute Gasteiger partial charge is 0.260 e. The van der Waals surface area contributed by atoms with Gasteiger partial charge in [0.15, 0.2) is 6.61 Å². The third-order valence-corrected chi connectivity index (χ3v) is 6.88. The fraction of sp³-hybridized carbons (Fsp3) is 0.682. The molecule has 2 heterocycles. The number of rotatable bonds is 4. The van der Waals surface area contributed by atoms with Crippen molar-refractivity contribution in [1.29, 1.82) is 0 Å². The number of aliphatic hydroxyl groups excluding tert-OH is 1. The molecule has 0 spiro atoms. The van der Waals surface area contributed by atoms with Gasteiger partial charge in [-0.1, -0.05) is 12.1 Å². The van der Waals surface area contributed by atoms with Crippen LogP contribution in [0.5, 0.6) is 5.75 Å². The summed E-state index contributed by atoms with van der Waals surface area (Å²) < 4.78 is 11.3. The molecule has 6 nitrogen and oxygen atoms in total. The lowest BCUT2D eigenvalue weighted by Crippen LogP contribution is -2.53. The van der Waals surface area contributed by atoms with E-state index in [-0.39, 0.29) is 24.7 Å². The number of carbonyl (C=O) groups is 1. The summed E-state index contributed by atoms with van der Waals surface area (Å²) in [6.07, 6.45) is 1.45. The normalized spacial score (nSPS) is 30.9. The lowest BCUT2D eigenvalue weighted by molar-refractivity contribution is -0.132. The Balaban J connectivity index is 1.33. The van der Waals surface area contributed by atoms with Crippen molar-refractivity contribution in [2.75, 3.05) is 46.0 Å². The van der Waals surface area contributed by atoms with Gasteiger partial charge in [0.1, 0.15) is 5.75 Å². The van der Waals surface area contributed by atoms with Gasteiger partial charge in [0.2, 0.25) is 0 Å². The van der Waals surface area contributed by atoms with E-state index in [4.69, 9.17) is 9.47 Å². The number of amides is 1. The molecule has 3 fully saturated rings. The van der Waals surface area contributed by atoms with Crippen LogP contribution in [-0.4, -0.2) is 79.0 Å². The SMILES string of the molecule is Cc1cccc(OCC(=O)N2C[C@H]3C[C@@H](N4CCOCC4)[C@H](O)C[C@H]3C2)c1C. The Morgan fingerprint density at radius 1 is 1.18 bits per heavy atom. The molecular weight excluding hydrogens is 356 g/mol. The molecule has 4 rings (SSSR count). The van der Waals surface area contributed by atoms with E-state index in [1.807, 2.05) is 36.9 Å². The number of hydrogen-bond donors (Lipinski definition) is 1. The van der Waals surface area contributed by atoms with Crippen molar-refractivity contribution >= 4 is 5.91 Å². The van der Waals surface area contributed by atoms with Gasteiger partial charge in [0, 0.05) is 32.2 Å². The fourth-order valence-corrected chi connectivity index (χ4v) is 5.02.